The molecule has 0 saturated heterocycles. The second-order valence-electron chi connectivity index (χ2n) is 5.05. The van der Waals surface area contributed by atoms with Crippen molar-refractivity contribution in [2.45, 2.75) is 18.7 Å². The largest absolute Gasteiger partial charge is 0.399 e. The fourth-order valence-electron chi connectivity index (χ4n) is 2.03. The van der Waals surface area contributed by atoms with Crippen LogP contribution < -0.4 is 10.5 Å². The Morgan fingerprint density at radius 3 is 2.57 bits per heavy atom. The van der Waals surface area contributed by atoms with Crippen LogP contribution >= 0.6 is 11.8 Å². The summed E-state index contributed by atoms with van der Waals surface area (Å²) in [5.74, 6) is 0. The Bertz CT molecular complexity index is 693. The first-order chi connectivity index (χ1) is 10.9. The number of hydrogen-bond acceptors (Lipinski definition) is 6. The molecule has 0 fully saturated rings. The third-order valence-corrected chi connectivity index (χ3v) is 5.96. The minimum Gasteiger partial charge on any atom is -0.399 e. The van der Waals surface area contributed by atoms with Crippen molar-refractivity contribution in [1.82, 2.24) is 9.62 Å². The van der Waals surface area contributed by atoms with Crippen LogP contribution in [0, 0.1) is 0 Å². The number of nitrogens with two attached hydrogens (primary N) is 1. The van der Waals surface area contributed by atoms with Crippen LogP contribution in [0.3, 0.4) is 0 Å². The number of hydrogen-bond donors (Lipinski definition) is 2. The number of nitrogen functional groups attached to an aromatic ring is 1. The molecule has 1 aliphatic heterocycles. The maximum Gasteiger partial charge on any atom is 0.263 e. The van der Waals surface area contributed by atoms with E-state index in [0.29, 0.717) is 17.4 Å². The average Bonchev–Trinajstić information content (AvgIpc) is 2.95. The van der Waals surface area contributed by atoms with E-state index in [2.05, 4.69) is 34.5 Å². The maximum atomic E-state index is 12.3. The van der Waals surface area contributed by atoms with E-state index >= 15 is 0 Å². The van der Waals surface area contributed by atoms with Crippen LogP contribution in [0.4, 0.5) is 5.69 Å². The summed E-state index contributed by atoms with van der Waals surface area (Å²) in [5.41, 5.74) is 6.10. The molecule has 8 heteroatoms. The van der Waals surface area contributed by atoms with Crippen LogP contribution in [0.15, 0.2) is 45.1 Å². The van der Waals surface area contributed by atoms with Gasteiger partial charge in [-0.15, -0.1) is 0 Å². The lowest BCUT2D eigenvalue weighted by atomic mass is 10.3. The zero-order chi connectivity index (χ0) is 16.9. The van der Waals surface area contributed by atoms with E-state index in [9.17, 15) is 8.42 Å². The van der Waals surface area contributed by atoms with Crippen LogP contribution in [-0.4, -0.2) is 44.7 Å². The van der Waals surface area contributed by atoms with Gasteiger partial charge in [-0.1, -0.05) is 31.7 Å². The van der Waals surface area contributed by atoms with Gasteiger partial charge >= 0.3 is 0 Å². The lowest BCUT2D eigenvalue weighted by Crippen LogP contribution is -2.27. The summed E-state index contributed by atoms with van der Waals surface area (Å²) < 4.78 is 27.1. The van der Waals surface area contributed by atoms with Gasteiger partial charge in [0.05, 0.1) is 11.4 Å². The Labute approximate surface area is 141 Å². The number of nitrogens with one attached hydrogen (secondary N) is 1. The molecule has 0 aliphatic carbocycles. The lowest BCUT2D eigenvalue weighted by Gasteiger charge is -2.15. The fourth-order valence-corrected chi connectivity index (χ4v) is 4.10. The second kappa shape index (κ2) is 7.85. The van der Waals surface area contributed by atoms with Crippen molar-refractivity contribution in [3.8, 4) is 0 Å². The molecule has 0 saturated carbocycles. The van der Waals surface area contributed by atoms with Gasteiger partial charge < -0.3 is 10.6 Å². The summed E-state index contributed by atoms with van der Waals surface area (Å²) in [6.07, 6.45) is 2.10. The molecule has 0 unspecified atom stereocenters. The first kappa shape index (κ1) is 17.8. The van der Waals surface area contributed by atoms with Gasteiger partial charge in [0.2, 0.25) is 0 Å². The van der Waals surface area contributed by atoms with Gasteiger partial charge in [-0.3, -0.25) is 9.71 Å². The highest BCUT2D eigenvalue weighted by Gasteiger charge is 2.20. The van der Waals surface area contributed by atoms with Gasteiger partial charge in [-0.05, 0) is 37.4 Å². The molecule has 0 radical (unpaired) electrons. The molecule has 0 amide bonds. The Balaban J connectivity index is 1.97. The summed E-state index contributed by atoms with van der Waals surface area (Å²) in [6.45, 7) is 7.58. The first-order valence-corrected chi connectivity index (χ1v) is 9.76. The highest BCUT2D eigenvalue weighted by molar-refractivity contribution is 8.18. The summed E-state index contributed by atoms with van der Waals surface area (Å²) >= 11 is 1.37. The number of likely N-dealkylation sites (N-methyl/N-ethyl adjacent to an activating group) is 1. The molecule has 3 N–H and O–H groups in total. The molecule has 2 rings (SSSR count). The number of amidine groups is 1. The van der Waals surface area contributed by atoms with Crippen molar-refractivity contribution >= 4 is 32.6 Å². The highest BCUT2D eigenvalue weighted by Crippen LogP contribution is 2.25. The minimum absolute atomic E-state index is 0.176. The van der Waals surface area contributed by atoms with Gasteiger partial charge in [0, 0.05) is 17.1 Å². The van der Waals surface area contributed by atoms with E-state index in [0.717, 1.165) is 24.5 Å². The van der Waals surface area contributed by atoms with E-state index in [-0.39, 0.29) is 4.90 Å². The number of rotatable bonds is 6. The number of thioether (sulfide) groups is 1. The van der Waals surface area contributed by atoms with Crippen molar-refractivity contribution in [1.29, 1.82) is 0 Å². The Kier molecular flexibility index (Phi) is 6.09. The van der Waals surface area contributed by atoms with Crippen molar-refractivity contribution in [2.75, 3.05) is 31.9 Å². The van der Waals surface area contributed by atoms with E-state index in [1.54, 1.807) is 12.1 Å². The molecule has 0 aromatic heterocycles. The molecule has 1 aromatic rings. The zero-order valence-electron chi connectivity index (χ0n) is 13.3. The quantitative estimate of drug-likeness (QED) is 0.762. The van der Waals surface area contributed by atoms with Crippen LogP contribution in [0.5, 0.6) is 0 Å². The number of benzene rings is 1. The normalized spacial score (nSPS) is 16.8. The van der Waals surface area contributed by atoms with Gasteiger partial charge in [0.1, 0.15) is 0 Å². The van der Waals surface area contributed by atoms with Gasteiger partial charge in [-0.25, -0.2) is 8.42 Å². The third-order valence-electron chi connectivity index (χ3n) is 3.49. The van der Waals surface area contributed by atoms with Gasteiger partial charge in [0.25, 0.3) is 10.0 Å². The molecule has 0 spiro atoms. The average molecular weight is 355 g/mol. The van der Waals surface area contributed by atoms with Gasteiger partial charge in [0.15, 0.2) is 5.17 Å². The number of anilines is 1. The topological polar surface area (TPSA) is 87.8 Å². The highest BCUT2D eigenvalue weighted by atomic mass is 32.2. The molecule has 0 bridgehead atoms. The lowest BCUT2D eigenvalue weighted by molar-refractivity contribution is 0.337. The van der Waals surface area contributed by atoms with E-state index in [4.69, 9.17) is 5.73 Å². The number of nitrogens with zero attached hydrogens (tertiary/aromatic N) is 2. The van der Waals surface area contributed by atoms with E-state index < -0.39 is 10.0 Å². The third kappa shape index (κ3) is 4.98. The number of sulfonamides is 1. The van der Waals surface area contributed by atoms with Crippen molar-refractivity contribution < 1.29 is 8.42 Å². The van der Waals surface area contributed by atoms with Crippen molar-refractivity contribution in [3.63, 3.8) is 0 Å². The van der Waals surface area contributed by atoms with Crippen LogP contribution in [-0.2, 0) is 10.0 Å². The molecular formula is C15H22N4O2S2. The van der Waals surface area contributed by atoms with E-state index in [1.165, 1.54) is 23.9 Å². The Morgan fingerprint density at radius 1 is 1.30 bits per heavy atom. The summed E-state index contributed by atoms with van der Waals surface area (Å²) in [4.78, 5) is 7.77. The fraction of sp³-hybridized carbons (Fsp3) is 0.400. The summed E-state index contributed by atoms with van der Waals surface area (Å²) in [5, 5.41) is 0.410. The molecule has 1 aromatic carbocycles. The predicted octanol–water partition coefficient (Wildman–Crippen LogP) is 1.88. The molecule has 1 aliphatic rings. The molecular weight excluding hydrogens is 332 g/mol. The smallest absolute Gasteiger partial charge is 0.263 e. The standard InChI is InChI=1S/C15H22N4O2S2/c1-3-19(4-2)10-9-13-11-17-15(22-13)18-23(20,21)14-7-5-12(16)6-8-14/h5-9H,3-4,10-11,16H2,1-2H3,(H,17,18)/b13-9-. The van der Waals surface area contributed by atoms with Crippen LogP contribution in [0.25, 0.3) is 0 Å². The molecule has 6 nitrogen and oxygen atoms in total. The molecule has 0 atom stereocenters. The SMILES string of the molecule is CCN(CC)C/C=C1/CN=C(NS(=O)(=O)c2ccc(N)cc2)S1. The molecule has 23 heavy (non-hydrogen) atoms. The zero-order valence-corrected chi connectivity index (χ0v) is 15.0. The monoisotopic (exact) mass is 354 g/mol. The van der Waals surface area contributed by atoms with Crippen molar-refractivity contribution in [3.05, 3.63) is 35.2 Å². The second-order valence-corrected chi connectivity index (χ2v) is 7.85. The van der Waals surface area contributed by atoms with Gasteiger partial charge in [-0.2, -0.15) is 0 Å². The number of aliphatic imine (C=N–C) groups is 1. The van der Waals surface area contributed by atoms with E-state index in [1.807, 2.05) is 0 Å². The summed E-state index contributed by atoms with van der Waals surface area (Å²) in [6, 6.07) is 6.09. The summed E-state index contributed by atoms with van der Waals surface area (Å²) in [7, 11) is -3.62. The minimum atomic E-state index is -3.62. The maximum absolute atomic E-state index is 12.3. The van der Waals surface area contributed by atoms with Crippen LogP contribution in [0.1, 0.15) is 13.8 Å². The van der Waals surface area contributed by atoms with Crippen LogP contribution in [0.2, 0.25) is 0 Å². The van der Waals surface area contributed by atoms with Crippen molar-refractivity contribution in [2.24, 2.45) is 4.99 Å². The first-order valence-electron chi connectivity index (χ1n) is 7.46. The molecule has 126 valence electrons. The Hall–Kier alpha value is -1.51. The predicted molar refractivity (Wildman–Crippen MR) is 96.9 cm³/mol. The molecule has 1 heterocycles. The Morgan fingerprint density at radius 2 is 1.96 bits per heavy atom.